The second-order valence-electron chi connectivity index (χ2n) is 2.93. The van der Waals surface area contributed by atoms with Crippen molar-refractivity contribution in [2.75, 3.05) is 7.11 Å². The van der Waals surface area contributed by atoms with E-state index in [1.54, 1.807) is 6.20 Å². The molecule has 0 aliphatic rings. The summed E-state index contributed by atoms with van der Waals surface area (Å²) in [5.74, 6) is -0.381. The van der Waals surface area contributed by atoms with Gasteiger partial charge in [0.15, 0.2) is 0 Å². The fourth-order valence-corrected chi connectivity index (χ4v) is 1.77. The van der Waals surface area contributed by atoms with Crippen molar-refractivity contribution >= 4 is 17.7 Å². The van der Waals surface area contributed by atoms with Gasteiger partial charge in [-0.05, 0) is 0 Å². The molecule has 0 spiro atoms. The molecule has 4 nitrogen and oxygen atoms in total. The van der Waals surface area contributed by atoms with Gasteiger partial charge in [-0.3, -0.25) is 4.79 Å². The Bertz CT molecular complexity index is 286. The van der Waals surface area contributed by atoms with E-state index in [0.717, 1.165) is 0 Å². The van der Waals surface area contributed by atoms with Gasteiger partial charge in [-0.25, -0.2) is 4.98 Å². The minimum Gasteiger partial charge on any atom is -0.469 e. The molecule has 14 heavy (non-hydrogen) atoms. The molecule has 0 aliphatic heterocycles. The zero-order valence-corrected chi connectivity index (χ0v) is 9.21. The highest BCUT2D eigenvalue weighted by Crippen LogP contribution is 2.26. The van der Waals surface area contributed by atoms with Crippen LogP contribution in [0, 0.1) is 5.92 Å². The predicted molar refractivity (Wildman–Crippen MR) is 53.0 cm³/mol. The average Bonchev–Trinajstić information content (AvgIpc) is 2.68. The summed E-state index contributed by atoms with van der Waals surface area (Å²) in [4.78, 5) is 15.2. The van der Waals surface area contributed by atoms with Crippen LogP contribution in [0.25, 0.3) is 0 Å². The molecule has 0 saturated carbocycles. The van der Waals surface area contributed by atoms with E-state index in [-0.39, 0.29) is 17.1 Å². The van der Waals surface area contributed by atoms with Crippen LogP contribution in [0.5, 0.6) is 0 Å². The molecule has 0 bridgehead atoms. The van der Waals surface area contributed by atoms with Crippen LogP contribution in [0.2, 0.25) is 0 Å². The topological polar surface area (TPSA) is 52.3 Å². The van der Waals surface area contributed by atoms with Crippen LogP contribution >= 0.6 is 11.8 Å². The Kier molecular flexibility index (Phi) is 4.00. The molecule has 0 aromatic carbocycles. The van der Waals surface area contributed by atoms with Gasteiger partial charge < -0.3 is 9.15 Å². The van der Waals surface area contributed by atoms with E-state index in [2.05, 4.69) is 9.72 Å². The van der Waals surface area contributed by atoms with Crippen LogP contribution in [0.1, 0.15) is 13.8 Å². The number of carbonyl (C=O) groups is 1. The van der Waals surface area contributed by atoms with Gasteiger partial charge in [-0.2, -0.15) is 0 Å². The van der Waals surface area contributed by atoms with Crippen molar-refractivity contribution < 1.29 is 13.9 Å². The molecular weight excluding hydrogens is 202 g/mol. The third kappa shape index (κ3) is 2.77. The molecule has 1 aromatic heterocycles. The van der Waals surface area contributed by atoms with Gasteiger partial charge in [0.1, 0.15) is 6.26 Å². The number of oxazole rings is 1. The second-order valence-corrected chi connectivity index (χ2v) is 4.26. The van der Waals surface area contributed by atoms with Crippen molar-refractivity contribution in [3.8, 4) is 0 Å². The van der Waals surface area contributed by atoms with Gasteiger partial charge in [-0.15, -0.1) is 0 Å². The molecule has 0 saturated heterocycles. The van der Waals surface area contributed by atoms with Crippen LogP contribution in [0.4, 0.5) is 0 Å². The summed E-state index contributed by atoms with van der Waals surface area (Å²) in [7, 11) is 1.39. The molecule has 2 atom stereocenters. The van der Waals surface area contributed by atoms with E-state index in [1.165, 1.54) is 25.1 Å². The molecule has 1 aromatic rings. The fourth-order valence-electron chi connectivity index (χ4n) is 0.907. The molecule has 0 N–H and O–H groups in total. The maximum atomic E-state index is 11.2. The van der Waals surface area contributed by atoms with Gasteiger partial charge in [0.25, 0.3) is 5.22 Å². The maximum absolute atomic E-state index is 11.2. The Morgan fingerprint density at radius 1 is 1.64 bits per heavy atom. The maximum Gasteiger partial charge on any atom is 0.309 e. The van der Waals surface area contributed by atoms with Crippen molar-refractivity contribution in [1.29, 1.82) is 0 Å². The van der Waals surface area contributed by atoms with E-state index in [4.69, 9.17) is 4.42 Å². The molecule has 5 heteroatoms. The summed E-state index contributed by atoms with van der Waals surface area (Å²) in [5, 5.41) is 0.661. The Balaban J connectivity index is 2.49. The summed E-state index contributed by atoms with van der Waals surface area (Å²) >= 11 is 1.42. The number of aromatic nitrogens is 1. The van der Waals surface area contributed by atoms with E-state index in [0.29, 0.717) is 5.22 Å². The van der Waals surface area contributed by atoms with Gasteiger partial charge in [-0.1, -0.05) is 25.6 Å². The number of thioether (sulfide) groups is 1. The van der Waals surface area contributed by atoms with Crippen molar-refractivity contribution in [2.45, 2.75) is 24.3 Å². The molecule has 0 fully saturated rings. The van der Waals surface area contributed by atoms with E-state index >= 15 is 0 Å². The van der Waals surface area contributed by atoms with Gasteiger partial charge in [0, 0.05) is 5.25 Å². The third-order valence-corrected chi connectivity index (χ3v) is 3.16. The summed E-state index contributed by atoms with van der Waals surface area (Å²) in [6.07, 6.45) is 3.09. The quantitative estimate of drug-likeness (QED) is 0.567. The Hall–Kier alpha value is -0.970. The zero-order chi connectivity index (χ0) is 10.6. The van der Waals surface area contributed by atoms with Crippen LogP contribution < -0.4 is 0 Å². The number of methoxy groups -OCH3 is 1. The number of carbonyl (C=O) groups excluding carboxylic acids is 1. The van der Waals surface area contributed by atoms with Gasteiger partial charge in [0.2, 0.25) is 0 Å². The molecule has 78 valence electrons. The van der Waals surface area contributed by atoms with E-state index in [1.807, 2.05) is 13.8 Å². The normalized spacial score (nSPS) is 14.8. The summed E-state index contributed by atoms with van der Waals surface area (Å²) in [5.41, 5.74) is 0. The van der Waals surface area contributed by atoms with E-state index < -0.39 is 0 Å². The number of rotatable bonds is 4. The molecule has 1 heterocycles. The third-order valence-electron chi connectivity index (χ3n) is 1.97. The summed E-state index contributed by atoms with van der Waals surface area (Å²) in [6.45, 7) is 3.77. The molecule has 0 amide bonds. The smallest absolute Gasteiger partial charge is 0.309 e. The van der Waals surface area contributed by atoms with Crippen molar-refractivity contribution in [3.63, 3.8) is 0 Å². The monoisotopic (exact) mass is 215 g/mol. The molecule has 1 rings (SSSR count). The lowest BCUT2D eigenvalue weighted by atomic mass is 10.1. The first-order chi connectivity index (χ1) is 6.65. The highest BCUT2D eigenvalue weighted by molar-refractivity contribution is 7.99. The Morgan fingerprint density at radius 3 is 2.86 bits per heavy atom. The highest BCUT2D eigenvalue weighted by Gasteiger charge is 2.22. The SMILES string of the molecule is COC(=O)C(C)C(C)Sc1ncco1. The average molecular weight is 215 g/mol. The molecular formula is C9H13NO3S. The van der Waals surface area contributed by atoms with Crippen LogP contribution in [-0.4, -0.2) is 23.3 Å². The van der Waals surface area contributed by atoms with Crippen LogP contribution in [0.15, 0.2) is 22.1 Å². The first kappa shape index (κ1) is 11.1. The molecule has 0 aliphatic carbocycles. The first-order valence-corrected chi connectivity index (χ1v) is 5.17. The minimum atomic E-state index is -0.212. The Morgan fingerprint density at radius 2 is 2.36 bits per heavy atom. The second kappa shape index (κ2) is 5.05. The predicted octanol–water partition coefficient (Wildman–Crippen LogP) is 1.96. The minimum absolute atomic E-state index is 0.0844. The lowest BCUT2D eigenvalue weighted by molar-refractivity contribution is -0.144. The van der Waals surface area contributed by atoms with Crippen molar-refractivity contribution in [3.05, 3.63) is 12.5 Å². The number of hydrogen-bond acceptors (Lipinski definition) is 5. The number of nitrogens with zero attached hydrogens (tertiary/aromatic N) is 1. The zero-order valence-electron chi connectivity index (χ0n) is 8.39. The number of hydrogen-bond donors (Lipinski definition) is 0. The van der Waals surface area contributed by atoms with Crippen molar-refractivity contribution in [2.24, 2.45) is 5.92 Å². The van der Waals surface area contributed by atoms with Gasteiger partial charge >= 0.3 is 5.97 Å². The van der Waals surface area contributed by atoms with Crippen molar-refractivity contribution in [1.82, 2.24) is 4.98 Å². The van der Waals surface area contributed by atoms with Gasteiger partial charge in [0.05, 0.1) is 19.2 Å². The lowest BCUT2D eigenvalue weighted by Gasteiger charge is -2.14. The van der Waals surface area contributed by atoms with Crippen LogP contribution in [0.3, 0.4) is 0 Å². The fraction of sp³-hybridized carbons (Fsp3) is 0.556. The largest absolute Gasteiger partial charge is 0.469 e. The number of esters is 1. The standard InChI is InChI=1S/C9H13NO3S/c1-6(8(11)12-3)7(2)14-9-10-4-5-13-9/h4-7H,1-3H3. The summed E-state index contributed by atoms with van der Waals surface area (Å²) < 4.78 is 9.72. The van der Waals surface area contributed by atoms with Crippen LogP contribution in [-0.2, 0) is 9.53 Å². The highest BCUT2D eigenvalue weighted by atomic mass is 32.2. The summed E-state index contributed by atoms with van der Waals surface area (Å²) in [6, 6.07) is 0. The molecule has 2 unspecified atom stereocenters. The number of ether oxygens (including phenoxy) is 1. The van der Waals surface area contributed by atoms with E-state index in [9.17, 15) is 4.79 Å². The first-order valence-electron chi connectivity index (χ1n) is 4.29. The Labute approximate surface area is 87.0 Å². The molecule has 0 radical (unpaired) electrons. The lowest BCUT2D eigenvalue weighted by Crippen LogP contribution is -2.21.